The molecular weight excluding hydrogens is 414 g/mol. The molecule has 1 aliphatic heterocycles. The van der Waals surface area contributed by atoms with E-state index in [-0.39, 0.29) is 29.7 Å². The van der Waals surface area contributed by atoms with E-state index in [0.29, 0.717) is 36.8 Å². The minimum Gasteiger partial charge on any atom is -0.339 e. The molecule has 0 radical (unpaired) electrons. The van der Waals surface area contributed by atoms with Crippen LogP contribution in [0, 0.1) is 0 Å². The van der Waals surface area contributed by atoms with Crippen molar-refractivity contribution in [2.45, 2.75) is 11.3 Å². The second-order valence-electron chi connectivity index (χ2n) is 6.64. The minimum atomic E-state index is -3.69. The van der Waals surface area contributed by atoms with Crippen molar-refractivity contribution < 1.29 is 18.0 Å². The molecule has 2 aromatic rings. The van der Waals surface area contributed by atoms with Crippen LogP contribution >= 0.6 is 11.6 Å². The van der Waals surface area contributed by atoms with Crippen molar-refractivity contribution in [3.63, 3.8) is 0 Å². The van der Waals surface area contributed by atoms with Gasteiger partial charge in [0, 0.05) is 49.7 Å². The van der Waals surface area contributed by atoms with Crippen LogP contribution in [0.3, 0.4) is 0 Å². The fourth-order valence-corrected chi connectivity index (χ4v) is 4.23. The van der Waals surface area contributed by atoms with Crippen molar-refractivity contribution >= 4 is 33.4 Å². The molecule has 0 aromatic heterocycles. The van der Waals surface area contributed by atoms with Gasteiger partial charge < -0.3 is 9.80 Å². The molecule has 1 fully saturated rings. The highest BCUT2D eigenvalue weighted by Gasteiger charge is 2.25. The summed E-state index contributed by atoms with van der Waals surface area (Å²) in [5, 5.41) is 0.448. The number of nitrogens with one attached hydrogen (secondary N) is 1. The summed E-state index contributed by atoms with van der Waals surface area (Å²) in [4.78, 5) is 28.3. The van der Waals surface area contributed by atoms with Gasteiger partial charge in [-0.2, -0.15) is 0 Å². The van der Waals surface area contributed by atoms with E-state index in [9.17, 15) is 18.0 Å². The zero-order valence-electron chi connectivity index (χ0n) is 15.8. The van der Waals surface area contributed by atoms with Crippen molar-refractivity contribution in [3.05, 3.63) is 65.2 Å². The monoisotopic (exact) mass is 435 g/mol. The van der Waals surface area contributed by atoms with E-state index in [0.717, 1.165) is 0 Å². The Morgan fingerprint density at radius 1 is 0.897 bits per heavy atom. The number of hydrogen-bond acceptors (Lipinski definition) is 4. The first-order valence-corrected chi connectivity index (χ1v) is 11.1. The fraction of sp³-hybridized carbons (Fsp3) is 0.300. The summed E-state index contributed by atoms with van der Waals surface area (Å²) in [6, 6.07) is 14.9. The lowest BCUT2D eigenvalue weighted by molar-refractivity contribution is -0.132. The van der Waals surface area contributed by atoms with Crippen LogP contribution in [0.1, 0.15) is 16.8 Å². The number of nitrogens with zero attached hydrogens (tertiary/aromatic N) is 2. The Morgan fingerprint density at radius 3 is 2.10 bits per heavy atom. The summed E-state index contributed by atoms with van der Waals surface area (Å²) in [6.07, 6.45) is 0.0550. The first-order valence-electron chi connectivity index (χ1n) is 9.24. The van der Waals surface area contributed by atoms with Crippen LogP contribution in [0.25, 0.3) is 0 Å². The number of halogens is 1. The molecule has 1 heterocycles. The third kappa shape index (κ3) is 5.56. The third-order valence-electron chi connectivity index (χ3n) is 4.70. The number of carbonyl (C=O) groups is 2. The lowest BCUT2D eigenvalue weighted by Gasteiger charge is -2.35. The highest BCUT2D eigenvalue weighted by molar-refractivity contribution is 7.89. The molecule has 0 atom stereocenters. The molecule has 2 amide bonds. The standard InChI is InChI=1S/C20H22ClN3O4S/c21-17-6-8-18(9-7-17)29(27,28)22-11-10-19(25)23-12-14-24(15-13-23)20(26)16-4-2-1-3-5-16/h1-9,22H,10-15H2. The van der Waals surface area contributed by atoms with Gasteiger partial charge in [-0.15, -0.1) is 0 Å². The number of carbonyl (C=O) groups excluding carboxylic acids is 2. The molecule has 154 valence electrons. The second kappa shape index (κ2) is 9.39. The van der Waals surface area contributed by atoms with Crippen LogP contribution in [0.5, 0.6) is 0 Å². The average Bonchev–Trinajstić information content (AvgIpc) is 2.74. The zero-order valence-corrected chi connectivity index (χ0v) is 17.3. The number of amides is 2. The van der Waals surface area contributed by atoms with Gasteiger partial charge in [0.05, 0.1) is 4.90 Å². The maximum atomic E-state index is 12.5. The average molecular weight is 436 g/mol. The van der Waals surface area contributed by atoms with Crippen LogP contribution in [0.15, 0.2) is 59.5 Å². The number of benzene rings is 2. The van der Waals surface area contributed by atoms with E-state index in [2.05, 4.69) is 4.72 Å². The lowest BCUT2D eigenvalue weighted by atomic mass is 10.2. The summed E-state index contributed by atoms with van der Waals surface area (Å²) in [5.74, 6) is -0.191. The van der Waals surface area contributed by atoms with Crippen molar-refractivity contribution in [1.29, 1.82) is 0 Å². The first kappa shape index (κ1) is 21.3. The number of piperazine rings is 1. The topological polar surface area (TPSA) is 86.8 Å². The van der Waals surface area contributed by atoms with Gasteiger partial charge in [-0.3, -0.25) is 9.59 Å². The van der Waals surface area contributed by atoms with E-state index < -0.39 is 10.0 Å². The first-order chi connectivity index (χ1) is 13.9. The molecular formula is C20H22ClN3O4S. The fourth-order valence-electron chi connectivity index (χ4n) is 3.07. The molecule has 29 heavy (non-hydrogen) atoms. The number of sulfonamides is 1. The summed E-state index contributed by atoms with van der Waals surface area (Å²) < 4.78 is 26.9. The Kier molecular flexibility index (Phi) is 6.89. The quantitative estimate of drug-likeness (QED) is 0.751. The van der Waals surface area contributed by atoms with Gasteiger partial charge in [0.1, 0.15) is 0 Å². The third-order valence-corrected chi connectivity index (χ3v) is 6.42. The molecule has 3 rings (SSSR count). The van der Waals surface area contributed by atoms with E-state index in [1.54, 1.807) is 21.9 Å². The van der Waals surface area contributed by atoms with Crippen molar-refractivity contribution in [3.8, 4) is 0 Å². The smallest absolute Gasteiger partial charge is 0.253 e. The lowest BCUT2D eigenvalue weighted by Crippen LogP contribution is -2.51. The minimum absolute atomic E-state index is 0.00690. The van der Waals surface area contributed by atoms with E-state index >= 15 is 0 Å². The van der Waals surface area contributed by atoms with Gasteiger partial charge in [0.15, 0.2) is 0 Å². The maximum absolute atomic E-state index is 12.5. The van der Waals surface area contributed by atoms with Crippen LogP contribution in [-0.4, -0.2) is 62.8 Å². The van der Waals surface area contributed by atoms with Crippen molar-refractivity contribution in [1.82, 2.24) is 14.5 Å². The van der Waals surface area contributed by atoms with Crippen molar-refractivity contribution in [2.24, 2.45) is 0 Å². The van der Waals surface area contributed by atoms with Gasteiger partial charge >= 0.3 is 0 Å². The SMILES string of the molecule is O=C(CCNS(=O)(=O)c1ccc(Cl)cc1)N1CCN(C(=O)c2ccccc2)CC1. The summed E-state index contributed by atoms with van der Waals surface area (Å²) >= 11 is 5.77. The molecule has 0 spiro atoms. The normalized spacial score (nSPS) is 14.7. The molecule has 7 nitrogen and oxygen atoms in total. The van der Waals surface area contributed by atoms with E-state index in [1.165, 1.54) is 24.3 Å². The Labute approximate surface area is 175 Å². The van der Waals surface area contributed by atoms with Gasteiger partial charge in [0.2, 0.25) is 15.9 Å². The molecule has 0 aliphatic carbocycles. The van der Waals surface area contributed by atoms with Gasteiger partial charge in [-0.25, -0.2) is 13.1 Å². The van der Waals surface area contributed by atoms with E-state index in [1.807, 2.05) is 18.2 Å². The Bertz CT molecular complexity index is 957. The van der Waals surface area contributed by atoms with Crippen LogP contribution < -0.4 is 4.72 Å². The molecule has 1 saturated heterocycles. The molecule has 0 unspecified atom stereocenters. The Balaban J connectivity index is 1.45. The van der Waals surface area contributed by atoms with Crippen molar-refractivity contribution in [2.75, 3.05) is 32.7 Å². The van der Waals surface area contributed by atoms with Crippen LogP contribution in [-0.2, 0) is 14.8 Å². The maximum Gasteiger partial charge on any atom is 0.253 e. The molecule has 9 heteroatoms. The Hall–Kier alpha value is -2.42. The second-order valence-corrected chi connectivity index (χ2v) is 8.84. The molecule has 0 saturated carbocycles. The predicted molar refractivity (Wildman–Crippen MR) is 110 cm³/mol. The van der Waals surface area contributed by atoms with E-state index in [4.69, 9.17) is 11.6 Å². The largest absolute Gasteiger partial charge is 0.339 e. The predicted octanol–water partition coefficient (Wildman–Crippen LogP) is 1.99. The molecule has 0 bridgehead atoms. The summed E-state index contributed by atoms with van der Waals surface area (Å²) in [5.41, 5.74) is 0.629. The highest BCUT2D eigenvalue weighted by Crippen LogP contribution is 2.14. The molecule has 2 aromatic carbocycles. The van der Waals surface area contributed by atoms with Crippen LogP contribution in [0.4, 0.5) is 0 Å². The van der Waals surface area contributed by atoms with Gasteiger partial charge in [-0.05, 0) is 36.4 Å². The molecule has 1 N–H and O–H groups in total. The Morgan fingerprint density at radius 2 is 1.48 bits per heavy atom. The molecule has 1 aliphatic rings. The number of hydrogen-bond donors (Lipinski definition) is 1. The summed E-state index contributed by atoms with van der Waals surface area (Å²) in [7, 11) is -3.69. The zero-order chi connectivity index (χ0) is 20.9. The highest BCUT2D eigenvalue weighted by atomic mass is 35.5. The van der Waals surface area contributed by atoms with Crippen LogP contribution in [0.2, 0.25) is 5.02 Å². The summed E-state index contributed by atoms with van der Waals surface area (Å²) in [6.45, 7) is 1.78. The van der Waals surface area contributed by atoms with Gasteiger partial charge in [0.25, 0.3) is 5.91 Å². The van der Waals surface area contributed by atoms with Gasteiger partial charge in [-0.1, -0.05) is 29.8 Å². The number of rotatable bonds is 6.